The molecule has 1 aliphatic carbocycles. The van der Waals surface area contributed by atoms with Crippen molar-refractivity contribution in [2.45, 2.75) is 43.6 Å². The number of H-pyrrole nitrogens is 1. The molecule has 0 aromatic carbocycles. The van der Waals surface area contributed by atoms with Gasteiger partial charge < -0.3 is 14.2 Å². The van der Waals surface area contributed by atoms with E-state index in [2.05, 4.69) is 34.9 Å². The number of rotatable bonds is 9. The van der Waals surface area contributed by atoms with Crippen LogP contribution in [0.15, 0.2) is 30.6 Å². The quantitative estimate of drug-likeness (QED) is 0.416. The third kappa shape index (κ3) is 7.26. The number of halogens is 1. The molecule has 1 saturated carbocycles. The second kappa shape index (κ2) is 12.7. The van der Waals surface area contributed by atoms with Crippen molar-refractivity contribution in [2.24, 2.45) is 0 Å². The molecule has 12 heteroatoms. The molecule has 2 unspecified atom stereocenters. The lowest BCUT2D eigenvalue weighted by Crippen LogP contribution is -2.18. The Morgan fingerprint density at radius 3 is 2.48 bits per heavy atom. The predicted octanol–water partition coefficient (Wildman–Crippen LogP) is 4.34. The van der Waals surface area contributed by atoms with Gasteiger partial charge >= 0.3 is 0 Å². The highest BCUT2D eigenvalue weighted by atomic mass is 35.5. The van der Waals surface area contributed by atoms with E-state index in [0.717, 1.165) is 0 Å². The SMILES string of the molecule is COC1CCC1.COc1cccc(-c2nc(NSC(C)C(OC)c3ncc(Cl)cn3)n[nH]2)n1. The number of nitrogens with zero attached hydrogens (tertiary/aromatic N) is 5. The lowest BCUT2D eigenvalue weighted by molar-refractivity contribution is 0.0412. The first kappa shape index (κ1) is 25.2. The van der Waals surface area contributed by atoms with Crippen molar-refractivity contribution in [1.29, 1.82) is 0 Å². The van der Waals surface area contributed by atoms with Crippen molar-refractivity contribution in [3.8, 4) is 17.4 Å². The van der Waals surface area contributed by atoms with Crippen molar-refractivity contribution in [3.63, 3.8) is 0 Å². The van der Waals surface area contributed by atoms with Gasteiger partial charge in [-0.2, -0.15) is 4.98 Å². The smallest absolute Gasteiger partial charge is 0.252 e. The summed E-state index contributed by atoms with van der Waals surface area (Å²) in [4.78, 5) is 17.1. The van der Waals surface area contributed by atoms with Crippen LogP contribution in [0, 0.1) is 0 Å². The fourth-order valence-corrected chi connectivity index (χ4v) is 3.71. The third-order valence-electron chi connectivity index (χ3n) is 4.96. The minimum absolute atomic E-state index is 0.0203. The summed E-state index contributed by atoms with van der Waals surface area (Å²) in [6.45, 7) is 1.99. The number of nitrogens with one attached hydrogen (secondary N) is 2. The summed E-state index contributed by atoms with van der Waals surface area (Å²) in [6.07, 6.45) is 7.33. The zero-order valence-corrected chi connectivity index (χ0v) is 20.6. The zero-order chi connectivity index (χ0) is 23.6. The molecule has 178 valence electrons. The van der Waals surface area contributed by atoms with E-state index in [-0.39, 0.29) is 11.4 Å². The van der Waals surface area contributed by atoms with Crippen molar-refractivity contribution < 1.29 is 14.2 Å². The van der Waals surface area contributed by atoms with Crippen molar-refractivity contribution in [1.82, 2.24) is 30.1 Å². The first-order chi connectivity index (χ1) is 16.0. The van der Waals surface area contributed by atoms with E-state index in [1.54, 1.807) is 39.8 Å². The van der Waals surface area contributed by atoms with E-state index in [1.807, 2.05) is 19.1 Å². The van der Waals surface area contributed by atoms with Gasteiger partial charge in [0.25, 0.3) is 5.95 Å². The molecular formula is C21H28ClN7O3S. The topological polar surface area (TPSA) is 120 Å². The van der Waals surface area contributed by atoms with Crippen LogP contribution in [-0.4, -0.2) is 62.8 Å². The molecule has 2 N–H and O–H groups in total. The van der Waals surface area contributed by atoms with Gasteiger partial charge in [-0.3, -0.25) is 9.82 Å². The molecule has 1 aliphatic rings. The van der Waals surface area contributed by atoms with Crippen LogP contribution < -0.4 is 9.46 Å². The maximum Gasteiger partial charge on any atom is 0.252 e. The Balaban J connectivity index is 0.000000442. The van der Waals surface area contributed by atoms with E-state index >= 15 is 0 Å². The predicted molar refractivity (Wildman–Crippen MR) is 128 cm³/mol. The Bertz CT molecular complexity index is 985. The van der Waals surface area contributed by atoms with Gasteiger partial charge in [0.1, 0.15) is 11.8 Å². The van der Waals surface area contributed by atoms with Crippen LogP contribution in [0.4, 0.5) is 5.95 Å². The minimum atomic E-state index is -0.321. The number of anilines is 1. The number of methoxy groups -OCH3 is 3. The van der Waals surface area contributed by atoms with E-state index < -0.39 is 0 Å². The lowest BCUT2D eigenvalue weighted by Gasteiger charge is -2.22. The molecule has 0 radical (unpaired) electrons. The number of ether oxygens (including phenoxy) is 3. The molecule has 0 bridgehead atoms. The molecule has 0 amide bonds. The van der Waals surface area contributed by atoms with Crippen LogP contribution in [-0.2, 0) is 9.47 Å². The number of aromatic amines is 1. The molecular weight excluding hydrogens is 466 g/mol. The Kier molecular flexibility index (Phi) is 9.67. The molecule has 3 heterocycles. The molecule has 3 aromatic heterocycles. The van der Waals surface area contributed by atoms with Gasteiger partial charge in [-0.05, 0) is 44.2 Å². The second-order valence-electron chi connectivity index (χ2n) is 7.20. The first-order valence-corrected chi connectivity index (χ1v) is 11.7. The summed E-state index contributed by atoms with van der Waals surface area (Å²) in [6, 6.07) is 5.42. The maximum atomic E-state index is 5.84. The number of pyridine rings is 1. The van der Waals surface area contributed by atoms with Crippen molar-refractivity contribution in [2.75, 3.05) is 26.1 Å². The normalized spacial score (nSPS) is 15.1. The average Bonchev–Trinajstić information content (AvgIpc) is 3.28. The van der Waals surface area contributed by atoms with Gasteiger partial charge in [0.2, 0.25) is 5.88 Å². The van der Waals surface area contributed by atoms with E-state index in [0.29, 0.717) is 40.3 Å². The average molecular weight is 494 g/mol. The zero-order valence-electron chi connectivity index (χ0n) is 19.0. The second-order valence-corrected chi connectivity index (χ2v) is 8.82. The van der Waals surface area contributed by atoms with E-state index in [4.69, 9.17) is 25.8 Å². The number of aromatic nitrogens is 6. The maximum absolute atomic E-state index is 5.84. The fourth-order valence-electron chi connectivity index (χ4n) is 2.87. The van der Waals surface area contributed by atoms with E-state index in [9.17, 15) is 0 Å². The Labute approximate surface area is 202 Å². The van der Waals surface area contributed by atoms with Crippen LogP contribution >= 0.6 is 23.5 Å². The Morgan fingerprint density at radius 1 is 1.15 bits per heavy atom. The van der Waals surface area contributed by atoms with Crippen LogP contribution in [0.25, 0.3) is 11.5 Å². The van der Waals surface area contributed by atoms with Crippen LogP contribution in [0.3, 0.4) is 0 Å². The Morgan fingerprint density at radius 2 is 1.91 bits per heavy atom. The molecule has 0 saturated heterocycles. The molecule has 1 fully saturated rings. The molecule has 10 nitrogen and oxygen atoms in total. The highest BCUT2D eigenvalue weighted by Gasteiger charge is 2.23. The molecule has 0 spiro atoms. The third-order valence-corrected chi connectivity index (χ3v) is 6.07. The first-order valence-electron chi connectivity index (χ1n) is 10.4. The summed E-state index contributed by atoms with van der Waals surface area (Å²) >= 11 is 7.24. The highest BCUT2D eigenvalue weighted by molar-refractivity contribution is 8.01. The van der Waals surface area contributed by atoms with Crippen LogP contribution in [0.2, 0.25) is 5.02 Å². The highest BCUT2D eigenvalue weighted by Crippen LogP contribution is 2.28. The summed E-state index contributed by atoms with van der Waals surface area (Å²) in [5.74, 6) is 2.03. The summed E-state index contributed by atoms with van der Waals surface area (Å²) in [5, 5.41) is 7.46. The van der Waals surface area contributed by atoms with Gasteiger partial charge in [-0.1, -0.05) is 17.7 Å². The monoisotopic (exact) mass is 493 g/mol. The Hall–Kier alpha value is -2.47. The van der Waals surface area contributed by atoms with Crippen LogP contribution in [0.1, 0.15) is 38.1 Å². The van der Waals surface area contributed by atoms with E-state index in [1.165, 1.54) is 31.2 Å². The van der Waals surface area contributed by atoms with Gasteiger partial charge in [-0.15, -0.1) is 5.10 Å². The molecule has 4 rings (SSSR count). The van der Waals surface area contributed by atoms with Gasteiger partial charge in [-0.25, -0.2) is 15.0 Å². The van der Waals surface area contributed by atoms with Gasteiger partial charge in [0, 0.05) is 32.7 Å². The fraction of sp³-hybridized carbons (Fsp3) is 0.476. The minimum Gasteiger partial charge on any atom is -0.481 e. The summed E-state index contributed by atoms with van der Waals surface area (Å²) in [5.41, 5.74) is 0.636. The largest absolute Gasteiger partial charge is 0.481 e. The van der Waals surface area contributed by atoms with Crippen molar-refractivity contribution in [3.05, 3.63) is 41.4 Å². The van der Waals surface area contributed by atoms with Gasteiger partial charge in [0.05, 0.1) is 23.5 Å². The van der Waals surface area contributed by atoms with Crippen molar-refractivity contribution >= 4 is 29.5 Å². The molecule has 33 heavy (non-hydrogen) atoms. The summed E-state index contributed by atoms with van der Waals surface area (Å²) in [7, 11) is 4.96. The molecule has 3 aromatic rings. The molecule has 2 atom stereocenters. The number of hydrogen-bond acceptors (Lipinski definition) is 10. The summed E-state index contributed by atoms with van der Waals surface area (Å²) < 4.78 is 18.7. The molecule has 0 aliphatic heterocycles. The van der Waals surface area contributed by atoms with Crippen LogP contribution in [0.5, 0.6) is 5.88 Å². The standard InChI is InChI=1S/C16H18ClN7O2S.C5H10O/c1-9(13(26-3)15-18-7-10(17)8-19-15)27-24-16-21-14(22-23-16)11-5-4-6-12(20-11)25-2;1-6-5-3-2-4-5/h4-9,13H,1-3H3,(H2,21,22,23,24);5H,2-4H2,1H3. The number of hydrogen-bond donors (Lipinski definition) is 2. The van der Waals surface area contributed by atoms with Gasteiger partial charge in [0.15, 0.2) is 11.6 Å². The lowest BCUT2D eigenvalue weighted by atomic mass is 9.96.